The van der Waals surface area contributed by atoms with Gasteiger partial charge in [-0.15, -0.1) is 11.3 Å². The Labute approximate surface area is 83.2 Å². The van der Waals surface area contributed by atoms with Crippen LogP contribution in [-0.2, 0) is 12.8 Å². The minimum absolute atomic E-state index is 0.280. The van der Waals surface area contributed by atoms with Crippen molar-refractivity contribution >= 4 is 11.3 Å². The summed E-state index contributed by atoms with van der Waals surface area (Å²) in [6.45, 7) is 6.58. The predicted molar refractivity (Wildman–Crippen MR) is 54.6 cm³/mol. The van der Waals surface area contributed by atoms with Gasteiger partial charge in [0.15, 0.2) is 0 Å². The second-order valence-corrected chi connectivity index (χ2v) is 5.25. The highest BCUT2D eigenvalue weighted by molar-refractivity contribution is 7.09. The lowest BCUT2D eigenvalue weighted by Gasteiger charge is -2.15. The molecule has 1 heterocycles. The fraction of sp³-hybridized carbons (Fsp3) is 0.600. The van der Waals surface area contributed by atoms with Crippen molar-refractivity contribution in [3.8, 4) is 6.07 Å². The molecular weight excluding hydrogens is 180 g/mol. The highest BCUT2D eigenvalue weighted by Crippen LogP contribution is 2.22. The maximum absolute atomic E-state index is 8.48. The summed E-state index contributed by atoms with van der Waals surface area (Å²) in [6.07, 6.45) is 1.42. The molecule has 0 N–H and O–H groups in total. The van der Waals surface area contributed by atoms with E-state index in [1.54, 1.807) is 11.3 Å². The average Bonchev–Trinajstić information content (AvgIpc) is 2.33. The molecule has 0 aromatic carbocycles. The molecule has 0 saturated heterocycles. The Morgan fingerprint density at radius 3 is 2.77 bits per heavy atom. The molecule has 1 rings (SSSR count). The monoisotopic (exact) mass is 194 g/mol. The molecule has 0 bridgehead atoms. The van der Waals surface area contributed by atoms with Gasteiger partial charge in [0.2, 0.25) is 0 Å². The van der Waals surface area contributed by atoms with Crippen molar-refractivity contribution in [1.82, 2.24) is 4.98 Å². The number of nitrogens with zero attached hydrogens (tertiary/aromatic N) is 2. The van der Waals surface area contributed by atoms with Crippen LogP contribution in [0.5, 0.6) is 0 Å². The molecule has 0 aliphatic rings. The number of aromatic nitrogens is 1. The molecule has 1 aromatic heterocycles. The van der Waals surface area contributed by atoms with E-state index < -0.39 is 0 Å². The van der Waals surface area contributed by atoms with Crippen LogP contribution in [0.2, 0.25) is 0 Å². The van der Waals surface area contributed by atoms with Crippen molar-refractivity contribution in [3.63, 3.8) is 0 Å². The fourth-order valence-corrected chi connectivity index (χ4v) is 2.14. The fourth-order valence-electron chi connectivity index (χ4n) is 1.05. The molecule has 13 heavy (non-hydrogen) atoms. The highest BCUT2D eigenvalue weighted by atomic mass is 32.1. The van der Waals surface area contributed by atoms with E-state index >= 15 is 0 Å². The molecule has 1 aromatic rings. The van der Waals surface area contributed by atoms with Gasteiger partial charge in [-0.2, -0.15) is 5.26 Å². The van der Waals surface area contributed by atoms with Crippen LogP contribution < -0.4 is 0 Å². The van der Waals surface area contributed by atoms with Gasteiger partial charge in [-0.1, -0.05) is 20.8 Å². The van der Waals surface area contributed by atoms with Crippen LogP contribution in [0, 0.1) is 16.7 Å². The summed E-state index contributed by atoms with van der Waals surface area (Å²) >= 11 is 1.65. The van der Waals surface area contributed by atoms with E-state index in [0.29, 0.717) is 6.42 Å². The third-order valence-electron chi connectivity index (χ3n) is 1.54. The van der Waals surface area contributed by atoms with E-state index in [0.717, 1.165) is 17.1 Å². The molecule has 0 spiro atoms. The highest BCUT2D eigenvalue weighted by Gasteiger charge is 2.13. The molecule has 3 heteroatoms. The zero-order valence-corrected chi connectivity index (χ0v) is 9.11. The van der Waals surface area contributed by atoms with Crippen LogP contribution in [0.4, 0.5) is 0 Å². The molecule has 0 saturated carbocycles. The SMILES string of the molecule is CC(C)(C)Cc1nc(CC#N)cs1. The lowest BCUT2D eigenvalue weighted by atomic mass is 9.93. The molecule has 0 amide bonds. The normalized spacial score (nSPS) is 11.2. The van der Waals surface area contributed by atoms with E-state index in [-0.39, 0.29) is 5.41 Å². The summed E-state index contributed by atoms with van der Waals surface area (Å²) in [5, 5.41) is 11.6. The molecule has 0 radical (unpaired) electrons. The van der Waals surface area contributed by atoms with Gasteiger partial charge in [0.1, 0.15) is 0 Å². The summed E-state index contributed by atoms with van der Waals surface area (Å²) < 4.78 is 0. The molecule has 0 fully saturated rings. The van der Waals surface area contributed by atoms with Crippen molar-refractivity contribution in [2.75, 3.05) is 0 Å². The Balaban J connectivity index is 2.65. The summed E-state index contributed by atoms with van der Waals surface area (Å²) in [4.78, 5) is 4.38. The van der Waals surface area contributed by atoms with Gasteiger partial charge in [0, 0.05) is 11.8 Å². The first-order valence-electron chi connectivity index (χ1n) is 4.31. The Morgan fingerprint density at radius 1 is 1.54 bits per heavy atom. The zero-order valence-electron chi connectivity index (χ0n) is 8.29. The number of thiazole rings is 1. The topological polar surface area (TPSA) is 36.7 Å². The molecule has 0 aliphatic carbocycles. The second kappa shape index (κ2) is 3.89. The minimum atomic E-state index is 0.280. The summed E-state index contributed by atoms with van der Waals surface area (Å²) in [6, 6.07) is 2.10. The van der Waals surface area contributed by atoms with Crippen molar-refractivity contribution in [3.05, 3.63) is 16.1 Å². The van der Waals surface area contributed by atoms with E-state index in [2.05, 4.69) is 31.8 Å². The lowest BCUT2D eigenvalue weighted by molar-refractivity contribution is 0.410. The molecule has 0 atom stereocenters. The quantitative estimate of drug-likeness (QED) is 0.726. The number of rotatable bonds is 2. The van der Waals surface area contributed by atoms with Gasteiger partial charge in [-0.05, 0) is 5.41 Å². The Hall–Kier alpha value is -0.880. The van der Waals surface area contributed by atoms with Gasteiger partial charge in [0.25, 0.3) is 0 Å². The van der Waals surface area contributed by atoms with Gasteiger partial charge in [0.05, 0.1) is 23.2 Å². The maximum atomic E-state index is 8.48. The Kier molecular flexibility index (Phi) is 3.05. The lowest BCUT2D eigenvalue weighted by Crippen LogP contribution is -2.08. The van der Waals surface area contributed by atoms with E-state index in [1.807, 2.05) is 5.38 Å². The van der Waals surface area contributed by atoms with Gasteiger partial charge in [-0.3, -0.25) is 0 Å². The smallest absolute Gasteiger partial charge is 0.0933 e. The van der Waals surface area contributed by atoms with E-state index in [9.17, 15) is 0 Å². The van der Waals surface area contributed by atoms with Crippen LogP contribution in [0.25, 0.3) is 0 Å². The molecule has 0 unspecified atom stereocenters. The average molecular weight is 194 g/mol. The first kappa shape index (κ1) is 10.2. The largest absolute Gasteiger partial charge is 0.245 e. The Morgan fingerprint density at radius 2 is 2.23 bits per heavy atom. The molecule has 2 nitrogen and oxygen atoms in total. The number of hydrogen-bond donors (Lipinski definition) is 0. The summed E-state index contributed by atoms with van der Waals surface area (Å²) in [5.41, 5.74) is 1.19. The Bertz CT molecular complexity index is 314. The summed E-state index contributed by atoms with van der Waals surface area (Å²) in [7, 11) is 0. The summed E-state index contributed by atoms with van der Waals surface area (Å²) in [5.74, 6) is 0. The zero-order chi connectivity index (χ0) is 9.90. The molecule has 70 valence electrons. The second-order valence-electron chi connectivity index (χ2n) is 4.30. The first-order valence-corrected chi connectivity index (χ1v) is 5.19. The van der Waals surface area contributed by atoms with Crippen LogP contribution in [0.3, 0.4) is 0 Å². The molecule has 0 aliphatic heterocycles. The third-order valence-corrected chi connectivity index (χ3v) is 2.44. The standard InChI is InChI=1S/C10H14N2S/c1-10(2,3)6-9-12-8(4-5-11)7-13-9/h7H,4,6H2,1-3H3. The van der Waals surface area contributed by atoms with Crippen molar-refractivity contribution in [1.29, 1.82) is 5.26 Å². The van der Waals surface area contributed by atoms with Crippen LogP contribution >= 0.6 is 11.3 Å². The van der Waals surface area contributed by atoms with Crippen molar-refractivity contribution in [2.24, 2.45) is 5.41 Å². The number of hydrogen-bond acceptors (Lipinski definition) is 3. The van der Waals surface area contributed by atoms with Gasteiger partial charge < -0.3 is 0 Å². The number of nitriles is 1. The predicted octanol–water partition coefficient (Wildman–Crippen LogP) is 2.80. The van der Waals surface area contributed by atoms with Gasteiger partial charge >= 0.3 is 0 Å². The maximum Gasteiger partial charge on any atom is 0.0933 e. The van der Waals surface area contributed by atoms with Crippen LogP contribution in [0.15, 0.2) is 5.38 Å². The first-order chi connectivity index (χ1) is 6.01. The van der Waals surface area contributed by atoms with E-state index in [4.69, 9.17) is 5.26 Å². The molecular formula is C10H14N2S. The van der Waals surface area contributed by atoms with Gasteiger partial charge in [-0.25, -0.2) is 4.98 Å². The minimum Gasteiger partial charge on any atom is -0.245 e. The third kappa shape index (κ3) is 3.56. The van der Waals surface area contributed by atoms with Crippen molar-refractivity contribution < 1.29 is 0 Å². The van der Waals surface area contributed by atoms with E-state index in [1.165, 1.54) is 0 Å². The van der Waals surface area contributed by atoms with Crippen molar-refractivity contribution in [2.45, 2.75) is 33.6 Å². The van der Waals surface area contributed by atoms with Crippen LogP contribution in [-0.4, -0.2) is 4.98 Å². The van der Waals surface area contributed by atoms with Crippen LogP contribution in [0.1, 0.15) is 31.5 Å².